The van der Waals surface area contributed by atoms with Crippen LogP contribution in [0.1, 0.15) is 41.5 Å². The molecule has 16 nitrogen and oxygen atoms in total. The van der Waals surface area contributed by atoms with Gasteiger partial charge in [-0.05, 0) is 48.6 Å². The van der Waals surface area contributed by atoms with Gasteiger partial charge < -0.3 is 57.4 Å². The first-order valence-electron chi connectivity index (χ1n) is 16.6. The van der Waals surface area contributed by atoms with Crippen LogP contribution < -0.4 is 0 Å². The van der Waals surface area contributed by atoms with Crippen molar-refractivity contribution in [3.63, 3.8) is 0 Å². The van der Waals surface area contributed by atoms with E-state index in [4.69, 9.17) is 52.5 Å². The van der Waals surface area contributed by atoms with Gasteiger partial charge >= 0.3 is 18.2 Å². The van der Waals surface area contributed by atoms with Gasteiger partial charge in [0.1, 0.15) is 11.2 Å². The van der Waals surface area contributed by atoms with E-state index in [2.05, 4.69) is 0 Å². The molecule has 0 aromatic carbocycles. The number of carbonyl (C=O) groups is 3. The van der Waals surface area contributed by atoms with Crippen molar-refractivity contribution in [1.82, 2.24) is 9.80 Å². The van der Waals surface area contributed by atoms with Gasteiger partial charge in [0, 0.05) is 19.2 Å². The first-order chi connectivity index (χ1) is 23.2. The van der Waals surface area contributed by atoms with E-state index in [1.165, 1.54) is 0 Å². The summed E-state index contributed by atoms with van der Waals surface area (Å²) in [6, 6.07) is 0. The Morgan fingerprint density at radius 3 is 1.08 bits per heavy atom. The van der Waals surface area contributed by atoms with E-state index >= 15 is 0 Å². The van der Waals surface area contributed by atoms with Gasteiger partial charge in [-0.15, -0.1) is 0 Å². The summed E-state index contributed by atoms with van der Waals surface area (Å²) in [6.07, 6.45) is 1.14. The van der Waals surface area contributed by atoms with E-state index in [1.54, 1.807) is 47.6 Å². The molecule has 0 aliphatic carbocycles. The van der Waals surface area contributed by atoms with Crippen molar-refractivity contribution in [3.05, 3.63) is 12.2 Å². The van der Waals surface area contributed by atoms with E-state index < -0.39 is 29.4 Å². The van der Waals surface area contributed by atoms with Gasteiger partial charge in [-0.3, -0.25) is 0 Å². The van der Waals surface area contributed by atoms with Crippen LogP contribution in [0.25, 0.3) is 0 Å². The second-order valence-electron chi connectivity index (χ2n) is 12.5. The monoisotopic (exact) mass is 710 g/mol. The zero-order valence-electron chi connectivity index (χ0n) is 30.7. The molecule has 288 valence electrons. The minimum atomic E-state index is -0.950. The molecule has 0 radical (unpaired) electrons. The fourth-order valence-corrected chi connectivity index (χ4v) is 3.33. The zero-order chi connectivity index (χ0) is 36.8. The molecule has 16 heteroatoms. The lowest BCUT2D eigenvalue weighted by molar-refractivity contribution is -0.131. The number of imide groups is 1. The molecule has 1 N–H and O–H groups in total. The van der Waals surface area contributed by atoms with Gasteiger partial charge in [-0.2, -0.15) is 0 Å². The number of carbonyl (C=O) groups excluding carboxylic acids is 2. The van der Waals surface area contributed by atoms with Crippen molar-refractivity contribution in [2.45, 2.75) is 52.7 Å². The number of hydrogen-bond acceptors (Lipinski definition) is 14. The lowest BCUT2D eigenvalue weighted by atomic mass is 10.2. The number of rotatable bonds is 30. The quantitative estimate of drug-likeness (QED) is 0.0852. The Morgan fingerprint density at radius 2 is 0.796 bits per heavy atom. The topological polar surface area (TPSA) is 170 Å². The van der Waals surface area contributed by atoms with Crippen molar-refractivity contribution >= 4 is 18.2 Å². The summed E-state index contributed by atoms with van der Waals surface area (Å²) in [7, 11) is 1.89. The maximum atomic E-state index is 12.5. The lowest BCUT2D eigenvalue weighted by Crippen LogP contribution is -2.45. The molecule has 0 atom stereocenters. The maximum Gasteiger partial charge on any atom is 0.419 e. The predicted molar refractivity (Wildman–Crippen MR) is 180 cm³/mol. The SMILES string of the molecule is CN(C/C=C/C(=O)O)CCOCCOCCOCCOCCOCCOCCOCCOCCN(C(=O)OC(C)(C)C)C(=O)OC(C)(C)C. The van der Waals surface area contributed by atoms with E-state index in [-0.39, 0.29) is 19.8 Å². The van der Waals surface area contributed by atoms with Crippen LogP contribution in [-0.4, -0.2) is 177 Å². The van der Waals surface area contributed by atoms with Crippen molar-refractivity contribution in [3.8, 4) is 0 Å². The smallest absolute Gasteiger partial charge is 0.419 e. The molecule has 0 saturated carbocycles. The molecule has 0 saturated heterocycles. The van der Waals surface area contributed by atoms with Gasteiger partial charge in [-0.25, -0.2) is 19.3 Å². The summed E-state index contributed by atoms with van der Waals surface area (Å²) in [5, 5.41) is 8.56. The van der Waals surface area contributed by atoms with Crippen LogP contribution in [0.3, 0.4) is 0 Å². The summed E-state index contributed by atoms with van der Waals surface area (Å²) >= 11 is 0. The standard InChI is InChI=1S/C33H62N2O14/c1-32(2,3)48-30(38)35(31(39)49-33(4,5)6)12-14-41-16-18-43-20-22-45-24-26-47-28-27-46-25-23-44-21-19-42-17-15-40-13-11-34(7)10-8-9-29(36)37/h8-9H,10-28H2,1-7H3,(H,36,37)/b9-8+. The van der Waals surface area contributed by atoms with Crippen molar-refractivity contribution in [2.24, 2.45) is 0 Å². The van der Waals surface area contributed by atoms with E-state index in [0.29, 0.717) is 106 Å². The number of carboxylic acid groups (broad SMARTS) is 1. The highest BCUT2D eigenvalue weighted by atomic mass is 16.6. The molecule has 0 aliphatic heterocycles. The second-order valence-corrected chi connectivity index (χ2v) is 12.5. The fourth-order valence-electron chi connectivity index (χ4n) is 3.33. The Kier molecular flexibility index (Phi) is 27.9. The molecule has 0 spiro atoms. The maximum absolute atomic E-state index is 12.5. The van der Waals surface area contributed by atoms with Crippen LogP contribution in [0.15, 0.2) is 12.2 Å². The van der Waals surface area contributed by atoms with Crippen LogP contribution in [0.4, 0.5) is 9.59 Å². The number of carboxylic acids is 1. The Bertz CT molecular complexity index is 848. The van der Waals surface area contributed by atoms with Crippen LogP contribution in [-0.2, 0) is 52.2 Å². The number of nitrogens with zero attached hydrogens (tertiary/aromatic N) is 2. The number of ether oxygens (including phenoxy) is 10. The van der Waals surface area contributed by atoms with E-state index in [9.17, 15) is 14.4 Å². The summed E-state index contributed by atoms with van der Waals surface area (Å²) in [6.45, 7) is 18.2. The average molecular weight is 711 g/mol. The molecule has 0 fully saturated rings. The molecule has 0 rings (SSSR count). The van der Waals surface area contributed by atoms with Gasteiger partial charge in [0.2, 0.25) is 0 Å². The highest BCUT2D eigenvalue weighted by molar-refractivity contribution is 5.88. The normalized spacial score (nSPS) is 12.2. The molecule has 2 amide bonds. The first-order valence-corrected chi connectivity index (χ1v) is 16.6. The van der Waals surface area contributed by atoms with Crippen molar-refractivity contribution in [2.75, 3.05) is 132 Å². The number of aliphatic carboxylic acids is 1. The summed E-state index contributed by atoms with van der Waals surface area (Å²) in [5.41, 5.74) is -1.51. The van der Waals surface area contributed by atoms with Crippen molar-refractivity contribution < 1.29 is 66.9 Å². The third-order valence-corrected chi connectivity index (χ3v) is 5.59. The van der Waals surface area contributed by atoms with Crippen LogP contribution in [0.5, 0.6) is 0 Å². The van der Waals surface area contributed by atoms with Gasteiger partial charge in [-0.1, -0.05) is 6.08 Å². The molecule has 0 aromatic rings. The largest absolute Gasteiger partial charge is 0.478 e. The molecule has 0 unspecified atom stereocenters. The van der Waals surface area contributed by atoms with E-state index in [1.807, 2.05) is 11.9 Å². The Labute approximate surface area is 292 Å². The average Bonchev–Trinajstić information content (AvgIpc) is 2.98. The minimum absolute atomic E-state index is 0.0147. The zero-order valence-corrected chi connectivity index (χ0v) is 30.7. The van der Waals surface area contributed by atoms with Gasteiger partial charge in [0.25, 0.3) is 0 Å². The van der Waals surface area contributed by atoms with Crippen LogP contribution in [0, 0.1) is 0 Å². The van der Waals surface area contributed by atoms with Gasteiger partial charge in [0.15, 0.2) is 0 Å². The molecular weight excluding hydrogens is 648 g/mol. The molecule has 49 heavy (non-hydrogen) atoms. The number of amides is 2. The fraction of sp³-hybridized carbons (Fsp3) is 0.848. The second kappa shape index (κ2) is 29.3. The Balaban J connectivity index is 3.52. The highest BCUT2D eigenvalue weighted by Gasteiger charge is 2.30. The molecular formula is C33H62N2O14. The highest BCUT2D eigenvalue weighted by Crippen LogP contribution is 2.14. The summed E-state index contributed by atoms with van der Waals surface area (Å²) < 4.78 is 54.4. The Hall–Kier alpha value is -2.41. The molecule has 0 heterocycles. The first kappa shape index (κ1) is 46.6. The van der Waals surface area contributed by atoms with Gasteiger partial charge in [0.05, 0.1) is 112 Å². The molecule has 0 aliphatic rings. The summed E-state index contributed by atoms with van der Waals surface area (Å²) in [4.78, 5) is 38.2. The van der Waals surface area contributed by atoms with Crippen LogP contribution in [0.2, 0.25) is 0 Å². The minimum Gasteiger partial charge on any atom is -0.478 e. The third-order valence-electron chi connectivity index (χ3n) is 5.59. The van der Waals surface area contributed by atoms with Crippen LogP contribution >= 0.6 is 0 Å². The predicted octanol–water partition coefficient (Wildman–Crippen LogP) is 2.86. The molecule has 0 bridgehead atoms. The molecule has 0 aromatic heterocycles. The third kappa shape index (κ3) is 33.8. The summed E-state index contributed by atoms with van der Waals surface area (Å²) in [5.74, 6) is -0.950. The van der Waals surface area contributed by atoms with E-state index in [0.717, 1.165) is 11.0 Å². The number of likely N-dealkylation sites (N-methyl/N-ethyl adjacent to an activating group) is 1. The lowest BCUT2D eigenvalue weighted by Gasteiger charge is -2.28. The number of hydrogen-bond donors (Lipinski definition) is 1. The Morgan fingerprint density at radius 1 is 0.510 bits per heavy atom. The van der Waals surface area contributed by atoms with Crippen molar-refractivity contribution in [1.29, 1.82) is 0 Å².